The van der Waals surface area contributed by atoms with Gasteiger partial charge in [0.2, 0.25) is 0 Å². The number of carbonyl (C=O) groups excluding carboxylic acids is 1. The molecule has 0 bridgehead atoms. The van der Waals surface area contributed by atoms with Gasteiger partial charge in [-0.2, -0.15) is 5.10 Å². The van der Waals surface area contributed by atoms with E-state index >= 15 is 0 Å². The van der Waals surface area contributed by atoms with Crippen LogP contribution in [-0.2, 0) is 17.8 Å². The number of aromatic nitrogens is 3. The molecule has 3 rings (SSSR count). The normalized spacial score (nSPS) is 10.4. The van der Waals surface area contributed by atoms with Crippen LogP contribution >= 0.6 is 0 Å². The highest BCUT2D eigenvalue weighted by molar-refractivity contribution is 5.91. The molecule has 0 saturated heterocycles. The number of nitrogens with one attached hydrogen (secondary N) is 1. The van der Waals surface area contributed by atoms with Crippen LogP contribution in [0.25, 0.3) is 0 Å². The van der Waals surface area contributed by atoms with Crippen molar-refractivity contribution < 1.29 is 9.53 Å². The van der Waals surface area contributed by atoms with E-state index in [0.717, 1.165) is 17.7 Å². The molecule has 0 spiro atoms. The van der Waals surface area contributed by atoms with Gasteiger partial charge in [-0.1, -0.05) is 31.2 Å². The SMILES string of the molecule is CCc1ccc(OCC(=O)Nc2ccc(Cn3cncn3)cc2)cc1. The van der Waals surface area contributed by atoms with E-state index in [-0.39, 0.29) is 12.5 Å². The average Bonchev–Trinajstić information content (AvgIpc) is 3.15. The Morgan fingerprint density at radius 1 is 1.08 bits per heavy atom. The lowest BCUT2D eigenvalue weighted by Gasteiger charge is -2.09. The number of hydrogen-bond donors (Lipinski definition) is 1. The fourth-order valence-corrected chi connectivity index (χ4v) is 2.36. The first-order valence-electron chi connectivity index (χ1n) is 8.16. The summed E-state index contributed by atoms with van der Waals surface area (Å²) in [5, 5.41) is 6.89. The van der Waals surface area contributed by atoms with E-state index in [9.17, 15) is 4.79 Å². The van der Waals surface area contributed by atoms with Gasteiger partial charge in [0, 0.05) is 5.69 Å². The molecule has 0 atom stereocenters. The maximum Gasteiger partial charge on any atom is 0.262 e. The smallest absolute Gasteiger partial charge is 0.262 e. The Morgan fingerprint density at radius 3 is 2.44 bits per heavy atom. The second kappa shape index (κ2) is 8.10. The number of hydrogen-bond acceptors (Lipinski definition) is 4. The quantitative estimate of drug-likeness (QED) is 0.720. The van der Waals surface area contributed by atoms with Gasteiger partial charge in [0.05, 0.1) is 6.54 Å². The first kappa shape index (κ1) is 16.7. The van der Waals surface area contributed by atoms with Crippen molar-refractivity contribution in [2.75, 3.05) is 11.9 Å². The van der Waals surface area contributed by atoms with Gasteiger partial charge < -0.3 is 10.1 Å². The summed E-state index contributed by atoms with van der Waals surface area (Å²) in [6.07, 6.45) is 4.15. The van der Waals surface area contributed by atoms with E-state index in [1.54, 1.807) is 11.0 Å². The van der Waals surface area contributed by atoms with E-state index in [1.165, 1.54) is 11.9 Å². The van der Waals surface area contributed by atoms with E-state index < -0.39 is 0 Å². The third-order valence-electron chi connectivity index (χ3n) is 3.75. The molecule has 3 aromatic rings. The van der Waals surface area contributed by atoms with Crippen LogP contribution in [0.3, 0.4) is 0 Å². The molecule has 0 radical (unpaired) electrons. The van der Waals surface area contributed by atoms with Gasteiger partial charge in [0.15, 0.2) is 6.61 Å². The summed E-state index contributed by atoms with van der Waals surface area (Å²) in [4.78, 5) is 15.9. The van der Waals surface area contributed by atoms with Crippen LogP contribution in [0, 0.1) is 0 Å². The van der Waals surface area contributed by atoms with Gasteiger partial charge in [-0.25, -0.2) is 9.67 Å². The lowest BCUT2D eigenvalue weighted by molar-refractivity contribution is -0.118. The molecule has 1 amide bonds. The Kier molecular flexibility index (Phi) is 5.41. The minimum absolute atomic E-state index is 0.0216. The molecule has 1 heterocycles. The van der Waals surface area contributed by atoms with E-state index in [1.807, 2.05) is 48.5 Å². The van der Waals surface area contributed by atoms with Crippen molar-refractivity contribution in [3.63, 3.8) is 0 Å². The van der Waals surface area contributed by atoms with Gasteiger partial charge in [-0.3, -0.25) is 4.79 Å². The lowest BCUT2D eigenvalue weighted by Crippen LogP contribution is -2.20. The molecular weight excluding hydrogens is 316 g/mol. The monoisotopic (exact) mass is 336 g/mol. The largest absolute Gasteiger partial charge is 0.484 e. The number of nitrogens with zero attached hydrogens (tertiary/aromatic N) is 3. The molecule has 0 aliphatic heterocycles. The van der Waals surface area contributed by atoms with Crippen molar-refractivity contribution in [3.8, 4) is 5.75 Å². The van der Waals surface area contributed by atoms with Crippen LogP contribution in [0.4, 0.5) is 5.69 Å². The second-order valence-corrected chi connectivity index (χ2v) is 5.62. The number of benzene rings is 2. The van der Waals surface area contributed by atoms with Crippen LogP contribution < -0.4 is 10.1 Å². The van der Waals surface area contributed by atoms with Crippen molar-refractivity contribution in [2.45, 2.75) is 19.9 Å². The predicted molar refractivity (Wildman–Crippen MR) is 95.5 cm³/mol. The highest BCUT2D eigenvalue weighted by Crippen LogP contribution is 2.13. The van der Waals surface area contributed by atoms with Gasteiger partial charge >= 0.3 is 0 Å². The molecule has 0 saturated carbocycles. The van der Waals surface area contributed by atoms with E-state index in [0.29, 0.717) is 12.3 Å². The topological polar surface area (TPSA) is 69.0 Å². The highest BCUT2D eigenvalue weighted by atomic mass is 16.5. The summed E-state index contributed by atoms with van der Waals surface area (Å²) in [5.74, 6) is 0.499. The number of carbonyl (C=O) groups is 1. The summed E-state index contributed by atoms with van der Waals surface area (Å²) < 4.78 is 7.24. The van der Waals surface area contributed by atoms with Crippen molar-refractivity contribution in [2.24, 2.45) is 0 Å². The second-order valence-electron chi connectivity index (χ2n) is 5.62. The Hall–Kier alpha value is -3.15. The van der Waals surface area contributed by atoms with Crippen molar-refractivity contribution in [1.29, 1.82) is 0 Å². The van der Waals surface area contributed by atoms with Crippen molar-refractivity contribution in [1.82, 2.24) is 14.8 Å². The maximum atomic E-state index is 12.0. The molecule has 1 aromatic heterocycles. The Bertz CT molecular complexity index is 796. The molecule has 25 heavy (non-hydrogen) atoms. The third kappa shape index (κ3) is 4.91. The van der Waals surface area contributed by atoms with Crippen LogP contribution in [0.5, 0.6) is 5.75 Å². The molecule has 0 fully saturated rings. The highest BCUT2D eigenvalue weighted by Gasteiger charge is 2.04. The van der Waals surface area contributed by atoms with Crippen LogP contribution in [-0.4, -0.2) is 27.3 Å². The Balaban J connectivity index is 1.48. The van der Waals surface area contributed by atoms with Crippen molar-refractivity contribution >= 4 is 11.6 Å². The van der Waals surface area contributed by atoms with Crippen LogP contribution in [0.15, 0.2) is 61.2 Å². The Labute approximate surface area is 146 Å². The fourth-order valence-electron chi connectivity index (χ4n) is 2.36. The summed E-state index contributed by atoms with van der Waals surface area (Å²) in [5.41, 5.74) is 3.05. The molecule has 128 valence electrons. The molecule has 6 heteroatoms. The zero-order chi connectivity index (χ0) is 17.5. The Morgan fingerprint density at radius 2 is 1.80 bits per heavy atom. The van der Waals surface area contributed by atoms with E-state index in [4.69, 9.17) is 4.74 Å². The number of aryl methyl sites for hydroxylation is 1. The summed E-state index contributed by atoms with van der Waals surface area (Å²) in [6, 6.07) is 15.4. The van der Waals surface area contributed by atoms with Gasteiger partial charge in [0.25, 0.3) is 5.91 Å². The number of rotatable bonds is 7. The molecule has 1 N–H and O–H groups in total. The van der Waals surface area contributed by atoms with Gasteiger partial charge in [-0.05, 0) is 41.8 Å². The molecule has 6 nitrogen and oxygen atoms in total. The minimum atomic E-state index is -0.191. The molecule has 0 aliphatic rings. The predicted octanol–water partition coefficient (Wildman–Crippen LogP) is 2.91. The third-order valence-corrected chi connectivity index (χ3v) is 3.75. The molecular formula is C19H20N4O2. The number of amides is 1. The minimum Gasteiger partial charge on any atom is -0.484 e. The van der Waals surface area contributed by atoms with Crippen LogP contribution in [0.2, 0.25) is 0 Å². The zero-order valence-corrected chi connectivity index (χ0v) is 14.1. The summed E-state index contributed by atoms with van der Waals surface area (Å²) in [6.45, 7) is 2.72. The summed E-state index contributed by atoms with van der Waals surface area (Å²) in [7, 11) is 0. The van der Waals surface area contributed by atoms with Crippen molar-refractivity contribution in [3.05, 3.63) is 72.3 Å². The first-order chi connectivity index (χ1) is 12.2. The fraction of sp³-hybridized carbons (Fsp3) is 0.211. The van der Waals surface area contributed by atoms with Gasteiger partial charge in [-0.15, -0.1) is 0 Å². The van der Waals surface area contributed by atoms with Crippen LogP contribution in [0.1, 0.15) is 18.1 Å². The van der Waals surface area contributed by atoms with Gasteiger partial charge in [0.1, 0.15) is 18.4 Å². The molecule has 2 aromatic carbocycles. The lowest BCUT2D eigenvalue weighted by atomic mass is 10.2. The molecule has 0 unspecified atom stereocenters. The van der Waals surface area contributed by atoms with E-state index in [2.05, 4.69) is 22.3 Å². The maximum absolute atomic E-state index is 12.0. The first-order valence-corrected chi connectivity index (χ1v) is 8.16. The zero-order valence-electron chi connectivity index (χ0n) is 14.1. The number of anilines is 1. The number of ether oxygens (including phenoxy) is 1. The average molecular weight is 336 g/mol. The standard InChI is InChI=1S/C19H20N4O2/c1-2-15-5-9-18(10-6-15)25-12-19(24)22-17-7-3-16(4-8-17)11-23-14-20-13-21-23/h3-10,13-14H,2,11-12H2,1H3,(H,22,24). The molecule has 0 aliphatic carbocycles. The summed E-state index contributed by atoms with van der Waals surface area (Å²) >= 11 is 0.